The molecular formula is C12H21NO2. The summed E-state index contributed by atoms with van der Waals surface area (Å²) in [6.07, 6.45) is 2.64. The highest BCUT2D eigenvalue weighted by Crippen LogP contribution is 2.21. The summed E-state index contributed by atoms with van der Waals surface area (Å²) in [5.74, 6) is 0.936. The van der Waals surface area contributed by atoms with E-state index in [0.717, 1.165) is 18.7 Å². The largest absolute Gasteiger partial charge is 0.468 e. The van der Waals surface area contributed by atoms with Gasteiger partial charge in [-0.2, -0.15) is 0 Å². The van der Waals surface area contributed by atoms with Crippen molar-refractivity contribution in [1.29, 1.82) is 0 Å². The zero-order valence-corrected chi connectivity index (χ0v) is 9.79. The molecule has 86 valence electrons. The average molecular weight is 211 g/mol. The Bertz CT molecular complexity index is 265. The summed E-state index contributed by atoms with van der Waals surface area (Å²) in [6.45, 7) is 7.24. The molecule has 0 aliphatic heterocycles. The van der Waals surface area contributed by atoms with Gasteiger partial charge in [0.2, 0.25) is 0 Å². The molecule has 1 unspecified atom stereocenters. The second-order valence-corrected chi connectivity index (χ2v) is 4.44. The molecule has 0 aliphatic carbocycles. The SMILES string of the molecule is CCC(C)(CO)CN[C@H](C)c1ccco1. The molecule has 1 rings (SSSR count). The Morgan fingerprint density at radius 3 is 2.80 bits per heavy atom. The maximum Gasteiger partial charge on any atom is 0.120 e. The van der Waals surface area contributed by atoms with Crippen LogP contribution in [0.25, 0.3) is 0 Å². The molecule has 0 saturated carbocycles. The van der Waals surface area contributed by atoms with Crippen LogP contribution in [0.4, 0.5) is 0 Å². The number of aliphatic hydroxyl groups is 1. The average Bonchev–Trinajstić information content (AvgIpc) is 2.79. The van der Waals surface area contributed by atoms with Crippen molar-refractivity contribution in [2.75, 3.05) is 13.2 Å². The van der Waals surface area contributed by atoms with Gasteiger partial charge in [0.05, 0.1) is 12.3 Å². The van der Waals surface area contributed by atoms with Crippen LogP contribution in [0, 0.1) is 5.41 Å². The van der Waals surface area contributed by atoms with E-state index in [1.807, 2.05) is 12.1 Å². The van der Waals surface area contributed by atoms with E-state index in [4.69, 9.17) is 4.42 Å². The Hall–Kier alpha value is -0.800. The first kappa shape index (κ1) is 12.3. The van der Waals surface area contributed by atoms with Crippen LogP contribution in [-0.4, -0.2) is 18.3 Å². The lowest BCUT2D eigenvalue weighted by molar-refractivity contribution is 0.131. The first-order chi connectivity index (χ1) is 7.11. The second kappa shape index (κ2) is 5.33. The van der Waals surface area contributed by atoms with Crippen molar-refractivity contribution in [3.05, 3.63) is 24.2 Å². The standard InChI is InChI=1S/C12H21NO2/c1-4-12(3,9-14)8-13-10(2)11-6-5-7-15-11/h5-7,10,13-14H,4,8-9H2,1-3H3/t10-,12?/m1/s1. The number of nitrogens with one attached hydrogen (secondary N) is 1. The molecule has 2 atom stereocenters. The van der Waals surface area contributed by atoms with Crippen molar-refractivity contribution >= 4 is 0 Å². The van der Waals surface area contributed by atoms with E-state index in [1.54, 1.807) is 6.26 Å². The van der Waals surface area contributed by atoms with Gasteiger partial charge in [0.25, 0.3) is 0 Å². The number of hydrogen-bond donors (Lipinski definition) is 2. The van der Waals surface area contributed by atoms with Crippen LogP contribution >= 0.6 is 0 Å². The third-order valence-corrected chi connectivity index (χ3v) is 3.04. The first-order valence-corrected chi connectivity index (χ1v) is 5.49. The highest BCUT2D eigenvalue weighted by atomic mass is 16.3. The second-order valence-electron chi connectivity index (χ2n) is 4.44. The van der Waals surface area contributed by atoms with Crippen molar-refractivity contribution in [1.82, 2.24) is 5.32 Å². The minimum Gasteiger partial charge on any atom is -0.468 e. The quantitative estimate of drug-likeness (QED) is 0.759. The van der Waals surface area contributed by atoms with Gasteiger partial charge in [-0.05, 0) is 25.5 Å². The molecule has 0 radical (unpaired) electrons. The fourth-order valence-corrected chi connectivity index (χ4v) is 1.33. The van der Waals surface area contributed by atoms with E-state index >= 15 is 0 Å². The molecule has 2 N–H and O–H groups in total. The fourth-order valence-electron chi connectivity index (χ4n) is 1.33. The number of rotatable bonds is 6. The fraction of sp³-hybridized carbons (Fsp3) is 0.667. The van der Waals surface area contributed by atoms with Gasteiger partial charge in [0.15, 0.2) is 0 Å². The lowest BCUT2D eigenvalue weighted by atomic mass is 9.88. The molecule has 3 nitrogen and oxygen atoms in total. The Morgan fingerprint density at radius 2 is 2.33 bits per heavy atom. The molecule has 0 amide bonds. The molecule has 3 heteroatoms. The highest BCUT2D eigenvalue weighted by molar-refractivity contribution is 5.03. The number of aliphatic hydroxyl groups excluding tert-OH is 1. The van der Waals surface area contributed by atoms with Gasteiger partial charge in [-0.25, -0.2) is 0 Å². The van der Waals surface area contributed by atoms with E-state index < -0.39 is 0 Å². The molecule has 1 aromatic rings. The third kappa shape index (κ3) is 3.36. The van der Waals surface area contributed by atoms with Crippen LogP contribution < -0.4 is 5.32 Å². The zero-order valence-electron chi connectivity index (χ0n) is 9.79. The maximum atomic E-state index is 9.27. The monoisotopic (exact) mass is 211 g/mol. The minimum atomic E-state index is -0.0408. The van der Waals surface area contributed by atoms with Crippen LogP contribution in [0.2, 0.25) is 0 Å². The zero-order chi connectivity index (χ0) is 11.3. The molecule has 0 aliphatic rings. The van der Waals surface area contributed by atoms with Gasteiger partial charge in [-0.1, -0.05) is 13.8 Å². The van der Waals surface area contributed by atoms with Gasteiger partial charge >= 0.3 is 0 Å². The van der Waals surface area contributed by atoms with Crippen LogP contribution in [0.15, 0.2) is 22.8 Å². The van der Waals surface area contributed by atoms with Crippen molar-refractivity contribution in [3.8, 4) is 0 Å². The minimum absolute atomic E-state index is 0.0408. The molecular weight excluding hydrogens is 190 g/mol. The summed E-state index contributed by atoms with van der Waals surface area (Å²) >= 11 is 0. The Morgan fingerprint density at radius 1 is 1.60 bits per heavy atom. The molecule has 1 aromatic heterocycles. The summed E-state index contributed by atoms with van der Waals surface area (Å²) in [5, 5.41) is 12.6. The first-order valence-electron chi connectivity index (χ1n) is 5.49. The van der Waals surface area contributed by atoms with Gasteiger partial charge in [-0.15, -0.1) is 0 Å². The number of furan rings is 1. The summed E-state index contributed by atoms with van der Waals surface area (Å²) in [5.41, 5.74) is -0.0408. The van der Waals surface area contributed by atoms with E-state index in [2.05, 4.69) is 26.1 Å². The molecule has 0 aromatic carbocycles. The van der Waals surface area contributed by atoms with Crippen LogP contribution in [-0.2, 0) is 0 Å². The normalized spacial score (nSPS) is 17.3. The van der Waals surface area contributed by atoms with E-state index in [1.165, 1.54) is 0 Å². The lowest BCUT2D eigenvalue weighted by Gasteiger charge is -2.27. The molecule has 1 heterocycles. The van der Waals surface area contributed by atoms with Gasteiger partial charge in [-0.3, -0.25) is 0 Å². The van der Waals surface area contributed by atoms with E-state index in [-0.39, 0.29) is 18.1 Å². The van der Waals surface area contributed by atoms with Crippen molar-refractivity contribution < 1.29 is 9.52 Å². The molecule has 0 bridgehead atoms. The molecule has 0 fully saturated rings. The predicted octanol–water partition coefficient (Wildman–Crippen LogP) is 2.34. The smallest absolute Gasteiger partial charge is 0.120 e. The summed E-state index contributed by atoms with van der Waals surface area (Å²) < 4.78 is 5.30. The Kier molecular flexibility index (Phi) is 4.36. The number of hydrogen-bond acceptors (Lipinski definition) is 3. The van der Waals surface area contributed by atoms with Gasteiger partial charge < -0.3 is 14.8 Å². The van der Waals surface area contributed by atoms with Crippen molar-refractivity contribution in [2.24, 2.45) is 5.41 Å². The van der Waals surface area contributed by atoms with Crippen LogP contribution in [0.1, 0.15) is 39.0 Å². The van der Waals surface area contributed by atoms with Gasteiger partial charge in [0, 0.05) is 18.6 Å². The highest BCUT2D eigenvalue weighted by Gasteiger charge is 2.22. The molecule has 0 spiro atoms. The van der Waals surface area contributed by atoms with E-state index in [9.17, 15) is 5.11 Å². The maximum absolute atomic E-state index is 9.27. The van der Waals surface area contributed by atoms with Gasteiger partial charge in [0.1, 0.15) is 5.76 Å². The summed E-state index contributed by atoms with van der Waals surface area (Å²) in [7, 11) is 0. The van der Waals surface area contributed by atoms with Crippen molar-refractivity contribution in [2.45, 2.75) is 33.2 Å². The molecule has 0 saturated heterocycles. The third-order valence-electron chi connectivity index (χ3n) is 3.04. The van der Waals surface area contributed by atoms with Crippen LogP contribution in [0.3, 0.4) is 0 Å². The lowest BCUT2D eigenvalue weighted by Crippen LogP contribution is -2.35. The van der Waals surface area contributed by atoms with Crippen LogP contribution in [0.5, 0.6) is 0 Å². The predicted molar refractivity (Wildman–Crippen MR) is 60.6 cm³/mol. The Balaban J connectivity index is 2.43. The summed E-state index contributed by atoms with van der Waals surface area (Å²) in [6, 6.07) is 4.04. The van der Waals surface area contributed by atoms with Crippen molar-refractivity contribution in [3.63, 3.8) is 0 Å². The topological polar surface area (TPSA) is 45.4 Å². The van der Waals surface area contributed by atoms with E-state index in [0.29, 0.717) is 0 Å². The molecule has 15 heavy (non-hydrogen) atoms. The Labute approximate surface area is 91.5 Å². The summed E-state index contributed by atoms with van der Waals surface area (Å²) in [4.78, 5) is 0.